The van der Waals surface area contributed by atoms with Crippen molar-refractivity contribution < 1.29 is 9.90 Å². The number of carbonyl (C=O) groups is 1. The van der Waals surface area contributed by atoms with Crippen LogP contribution in [0.4, 0.5) is 0 Å². The molecule has 0 heterocycles. The second-order valence-corrected chi connectivity index (χ2v) is 4.83. The molecule has 4 heteroatoms. The number of aliphatic hydroxyl groups excluding tert-OH is 1. The zero-order valence-electron chi connectivity index (χ0n) is 12.0. The maximum Gasteiger partial charge on any atom is 0.227 e. The van der Waals surface area contributed by atoms with Crippen molar-refractivity contribution >= 4 is 5.91 Å². The number of hydrogen-bond acceptors (Lipinski definition) is 3. The van der Waals surface area contributed by atoms with Crippen molar-refractivity contribution in [2.24, 2.45) is 11.7 Å². The van der Waals surface area contributed by atoms with Crippen molar-refractivity contribution in [3.8, 4) is 0 Å². The lowest BCUT2D eigenvalue weighted by molar-refractivity contribution is -0.136. The highest BCUT2D eigenvalue weighted by atomic mass is 16.3. The normalized spacial score (nSPS) is 12.4. The largest absolute Gasteiger partial charge is 0.395 e. The predicted octanol–water partition coefficient (Wildman–Crippen LogP) is 1.76. The van der Waals surface area contributed by atoms with E-state index < -0.39 is 0 Å². The number of hydrogen-bond donors (Lipinski definition) is 2. The quantitative estimate of drug-likeness (QED) is 0.555. The van der Waals surface area contributed by atoms with E-state index in [9.17, 15) is 4.79 Å². The molecule has 0 bridgehead atoms. The van der Waals surface area contributed by atoms with Crippen LogP contribution in [0.15, 0.2) is 0 Å². The lowest BCUT2D eigenvalue weighted by Crippen LogP contribution is -2.41. The summed E-state index contributed by atoms with van der Waals surface area (Å²) in [7, 11) is 0. The maximum absolute atomic E-state index is 12.3. The highest BCUT2D eigenvalue weighted by Gasteiger charge is 2.21. The minimum absolute atomic E-state index is 0.0307. The van der Waals surface area contributed by atoms with E-state index in [2.05, 4.69) is 13.8 Å². The molecular formula is C14H30N2O2. The average molecular weight is 258 g/mol. The van der Waals surface area contributed by atoms with E-state index >= 15 is 0 Å². The Kier molecular flexibility index (Phi) is 11.1. The van der Waals surface area contributed by atoms with Crippen molar-refractivity contribution in [1.82, 2.24) is 4.90 Å². The molecule has 0 spiro atoms. The van der Waals surface area contributed by atoms with E-state index in [0.29, 0.717) is 13.1 Å². The molecule has 0 aliphatic carbocycles. The summed E-state index contributed by atoms with van der Waals surface area (Å²) in [5, 5.41) is 9.05. The fraction of sp³-hybridized carbons (Fsp3) is 0.929. The Labute approximate surface area is 112 Å². The van der Waals surface area contributed by atoms with Gasteiger partial charge in [0.25, 0.3) is 0 Å². The number of nitrogens with zero attached hydrogens (tertiary/aromatic N) is 1. The third-order valence-corrected chi connectivity index (χ3v) is 3.23. The van der Waals surface area contributed by atoms with Gasteiger partial charge in [-0.25, -0.2) is 0 Å². The van der Waals surface area contributed by atoms with Crippen molar-refractivity contribution in [3.05, 3.63) is 0 Å². The minimum atomic E-state index is -0.0762. The fourth-order valence-electron chi connectivity index (χ4n) is 2.13. The third-order valence-electron chi connectivity index (χ3n) is 3.23. The van der Waals surface area contributed by atoms with Gasteiger partial charge in [-0.05, 0) is 12.8 Å². The number of rotatable bonds is 11. The third kappa shape index (κ3) is 6.97. The molecule has 1 atom stereocenters. The number of aliphatic hydroxyl groups is 1. The summed E-state index contributed by atoms with van der Waals surface area (Å²) in [6.45, 7) is 5.85. The molecule has 0 radical (unpaired) electrons. The molecule has 0 aromatic heterocycles. The lowest BCUT2D eigenvalue weighted by Gasteiger charge is -2.26. The van der Waals surface area contributed by atoms with Gasteiger partial charge in [-0.3, -0.25) is 4.79 Å². The summed E-state index contributed by atoms with van der Waals surface area (Å²) in [5.41, 5.74) is 5.66. The van der Waals surface area contributed by atoms with Gasteiger partial charge >= 0.3 is 0 Å². The van der Waals surface area contributed by atoms with Crippen molar-refractivity contribution in [3.63, 3.8) is 0 Å². The highest BCUT2D eigenvalue weighted by Crippen LogP contribution is 2.11. The number of unbranched alkanes of at least 4 members (excludes halogenated alkanes) is 3. The summed E-state index contributed by atoms with van der Waals surface area (Å²) in [6.07, 6.45) is 6.37. The monoisotopic (exact) mass is 258 g/mol. The standard InChI is InChI=1S/C14H30N2O2/c1-3-5-6-7-9-16(10-11-17)14(18)13(12-15)8-4-2/h13,17H,3-12,15H2,1-2H3. The number of nitrogens with two attached hydrogens (primary N) is 1. The van der Waals surface area contributed by atoms with Crippen LogP contribution in [-0.4, -0.2) is 42.2 Å². The second-order valence-electron chi connectivity index (χ2n) is 4.83. The first-order valence-electron chi connectivity index (χ1n) is 7.30. The van der Waals surface area contributed by atoms with Crippen molar-refractivity contribution in [2.75, 3.05) is 26.2 Å². The van der Waals surface area contributed by atoms with Crippen LogP contribution in [0, 0.1) is 5.92 Å². The van der Waals surface area contributed by atoms with Gasteiger partial charge in [0.2, 0.25) is 5.91 Å². The lowest BCUT2D eigenvalue weighted by atomic mass is 10.0. The Hall–Kier alpha value is -0.610. The summed E-state index contributed by atoms with van der Waals surface area (Å²) >= 11 is 0. The van der Waals surface area contributed by atoms with Gasteiger partial charge in [0, 0.05) is 19.6 Å². The summed E-state index contributed by atoms with van der Waals surface area (Å²) in [4.78, 5) is 14.0. The molecule has 0 rings (SSSR count). The van der Waals surface area contributed by atoms with Crippen LogP contribution in [0.25, 0.3) is 0 Å². The molecule has 0 aliphatic heterocycles. The Morgan fingerprint density at radius 1 is 1.17 bits per heavy atom. The Morgan fingerprint density at radius 3 is 2.39 bits per heavy atom. The van der Waals surface area contributed by atoms with E-state index in [1.807, 2.05) is 0 Å². The van der Waals surface area contributed by atoms with E-state index in [4.69, 9.17) is 10.8 Å². The van der Waals surface area contributed by atoms with Crippen LogP contribution in [0.2, 0.25) is 0 Å². The smallest absolute Gasteiger partial charge is 0.227 e. The SMILES string of the molecule is CCCCCCN(CCO)C(=O)C(CN)CCC. The molecule has 1 amide bonds. The first-order valence-corrected chi connectivity index (χ1v) is 7.30. The van der Waals surface area contributed by atoms with E-state index in [0.717, 1.165) is 32.2 Å². The topological polar surface area (TPSA) is 66.6 Å². The first-order chi connectivity index (χ1) is 8.71. The highest BCUT2D eigenvalue weighted by molar-refractivity contribution is 5.79. The molecule has 4 nitrogen and oxygen atoms in total. The summed E-state index contributed by atoms with van der Waals surface area (Å²) < 4.78 is 0. The van der Waals surface area contributed by atoms with Gasteiger partial charge in [0.05, 0.1) is 12.5 Å². The van der Waals surface area contributed by atoms with Crippen molar-refractivity contribution in [1.29, 1.82) is 0 Å². The van der Waals surface area contributed by atoms with Crippen LogP contribution in [0.5, 0.6) is 0 Å². The average Bonchev–Trinajstić information content (AvgIpc) is 2.39. The molecule has 0 saturated heterocycles. The molecule has 108 valence electrons. The number of amides is 1. The Morgan fingerprint density at radius 2 is 1.89 bits per heavy atom. The Balaban J connectivity index is 4.23. The Bertz CT molecular complexity index is 210. The maximum atomic E-state index is 12.3. The molecular weight excluding hydrogens is 228 g/mol. The van der Waals surface area contributed by atoms with Crippen molar-refractivity contribution in [2.45, 2.75) is 52.4 Å². The van der Waals surface area contributed by atoms with Crippen LogP contribution < -0.4 is 5.73 Å². The van der Waals surface area contributed by atoms with Gasteiger partial charge in [-0.15, -0.1) is 0 Å². The van der Waals surface area contributed by atoms with Crippen LogP contribution >= 0.6 is 0 Å². The van der Waals surface area contributed by atoms with Gasteiger partial charge in [-0.2, -0.15) is 0 Å². The molecule has 0 aromatic rings. The number of carbonyl (C=O) groups excluding carboxylic acids is 1. The molecule has 1 unspecified atom stereocenters. The molecule has 0 fully saturated rings. The van der Waals surface area contributed by atoms with E-state index in [-0.39, 0.29) is 18.4 Å². The predicted molar refractivity (Wildman–Crippen MR) is 75.3 cm³/mol. The minimum Gasteiger partial charge on any atom is -0.395 e. The van der Waals surface area contributed by atoms with Crippen LogP contribution in [-0.2, 0) is 4.79 Å². The molecule has 0 saturated carbocycles. The summed E-state index contributed by atoms with van der Waals surface area (Å²) in [6, 6.07) is 0. The van der Waals surface area contributed by atoms with Crippen LogP contribution in [0.1, 0.15) is 52.4 Å². The van der Waals surface area contributed by atoms with Gasteiger partial charge < -0.3 is 15.7 Å². The van der Waals surface area contributed by atoms with E-state index in [1.54, 1.807) is 4.90 Å². The molecule has 0 aliphatic rings. The zero-order valence-corrected chi connectivity index (χ0v) is 12.0. The molecule has 18 heavy (non-hydrogen) atoms. The first kappa shape index (κ1) is 17.4. The van der Waals surface area contributed by atoms with Gasteiger partial charge in [0.1, 0.15) is 0 Å². The van der Waals surface area contributed by atoms with E-state index in [1.165, 1.54) is 12.8 Å². The zero-order chi connectivity index (χ0) is 13.8. The molecule has 0 aromatic carbocycles. The van der Waals surface area contributed by atoms with Gasteiger partial charge in [0.15, 0.2) is 0 Å². The second kappa shape index (κ2) is 11.5. The van der Waals surface area contributed by atoms with Crippen LogP contribution in [0.3, 0.4) is 0 Å². The molecule has 3 N–H and O–H groups in total. The van der Waals surface area contributed by atoms with Gasteiger partial charge in [-0.1, -0.05) is 39.5 Å². The fourth-order valence-corrected chi connectivity index (χ4v) is 2.13. The summed E-state index contributed by atoms with van der Waals surface area (Å²) in [5.74, 6) is 0.0395.